The van der Waals surface area contributed by atoms with Gasteiger partial charge in [-0.2, -0.15) is 5.10 Å². The standard InChI is InChI=1S/C21H23ClN4O/c1-16-6-8-17(9-7-16)13-25(2)15-21(27)24-20-10-11-23-26(20)14-18-4-3-5-19(22)12-18/h3-12H,13-15H2,1-2H3,(H,24,27). The van der Waals surface area contributed by atoms with Crippen LogP contribution in [0.4, 0.5) is 5.82 Å². The molecule has 1 heterocycles. The van der Waals surface area contributed by atoms with Gasteiger partial charge >= 0.3 is 0 Å². The fourth-order valence-electron chi connectivity index (χ4n) is 2.86. The number of carbonyl (C=O) groups is 1. The van der Waals surface area contributed by atoms with E-state index in [2.05, 4.69) is 41.6 Å². The van der Waals surface area contributed by atoms with Crippen LogP contribution in [0, 0.1) is 6.92 Å². The van der Waals surface area contributed by atoms with E-state index in [1.165, 1.54) is 11.1 Å². The van der Waals surface area contributed by atoms with E-state index >= 15 is 0 Å². The van der Waals surface area contributed by atoms with Gasteiger partial charge in [0.1, 0.15) is 5.82 Å². The van der Waals surface area contributed by atoms with Crippen molar-refractivity contribution in [2.75, 3.05) is 18.9 Å². The van der Waals surface area contributed by atoms with Gasteiger partial charge in [-0.1, -0.05) is 53.6 Å². The van der Waals surface area contributed by atoms with Crippen molar-refractivity contribution in [3.8, 4) is 0 Å². The molecule has 0 aliphatic heterocycles. The van der Waals surface area contributed by atoms with Gasteiger partial charge in [0, 0.05) is 17.6 Å². The van der Waals surface area contributed by atoms with Crippen molar-refractivity contribution >= 4 is 23.3 Å². The van der Waals surface area contributed by atoms with Crippen LogP contribution in [0.5, 0.6) is 0 Å². The van der Waals surface area contributed by atoms with Crippen molar-refractivity contribution in [2.24, 2.45) is 0 Å². The van der Waals surface area contributed by atoms with E-state index in [1.807, 2.05) is 36.2 Å². The Hall–Kier alpha value is -2.63. The van der Waals surface area contributed by atoms with Gasteiger partial charge < -0.3 is 5.32 Å². The maximum atomic E-state index is 12.4. The summed E-state index contributed by atoms with van der Waals surface area (Å²) < 4.78 is 1.75. The average molecular weight is 383 g/mol. The van der Waals surface area contributed by atoms with Crippen LogP contribution >= 0.6 is 11.6 Å². The number of rotatable bonds is 7. The first kappa shape index (κ1) is 19.1. The lowest BCUT2D eigenvalue weighted by Crippen LogP contribution is -2.30. The molecule has 0 bridgehead atoms. The van der Waals surface area contributed by atoms with Crippen molar-refractivity contribution in [3.63, 3.8) is 0 Å². The van der Waals surface area contributed by atoms with E-state index in [-0.39, 0.29) is 5.91 Å². The van der Waals surface area contributed by atoms with Crippen molar-refractivity contribution in [1.29, 1.82) is 0 Å². The van der Waals surface area contributed by atoms with E-state index < -0.39 is 0 Å². The molecule has 27 heavy (non-hydrogen) atoms. The third-order valence-corrected chi connectivity index (χ3v) is 4.43. The number of anilines is 1. The van der Waals surface area contributed by atoms with Crippen LogP contribution in [0.3, 0.4) is 0 Å². The maximum Gasteiger partial charge on any atom is 0.239 e. The third kappa shape index (κ3) is 5.67. The number of aromatic nitrogens is 2. The summed E-state index contributed by atoms with van der Waals surface area (Å²) >= 11 is 6.04. The fraction of sp³-hybridized carbons (Fsp3) is 0.238. The molecular formula is C21H23ClN4O. The molecule has 0 saturated heterocycles. The molecule has 0 aliphatic carbocycles. The highest BCUT2D eigenvalue weighted by Gasteiger charge is 2.11. The molecule has 0 spiro atoms. The zero-order chi connectivity index (χ0) is 19.2. The predicted molar refractivity (Wildman–Crippen MR) is 109 cm³/mol. The second kappa shape index (κ2) is 8.84. The number of hydrogen-bond donors (Lipinski definition) is 1. The fourth-order valence-corrected chi connectivity index (χ4v) is 3.07. The molecule has 1 amide bonds. The topological polar surface area (TPSA) is 50.2 Å². The van der Waals surface area contributed by atoms with Gasteiger partial charge in [-0.3, -0.25) is 9.69 Å². The largest absolute Gasteiger partial charge is 0.310 e. The Labute approximate surface area is 164 Å². The minimum Gasteiger partial charge on any atom is -0.310 e. The summed E-state index contributed by atoms with van der Waals surface area (Å²) in [6, 6.07) is 17.7. The van der Waals surface area contributed by atoms with Crippen LogP contribution in [-0.4, -0.2) is 34.2 Å². The molecule has 3 aromatic rings. The highest BCUT2D eigenvalue weighted by atomic mass is 35.5. The number of carbonyl (C=O) groups excluding carboxylic acids is 1. The SMILES string of the molecule is Cc1ccc(CN(C)CC(=O)Nc2ccnn2Cc2cccc(Cl)c2)cc1. The van der Waals surface area contributed by atoms with Crippen molar-refractivity contribution in [3.05, 3.63) is 82.5 Å². The molecule has 2 aromatic carbocycles. The first-order valence-electron chi connectivity index (χ1n) is 8.80. The van der Waals surface area contributed by atoms with Crippen LogP contribution in [0.2, 0.25) is 5.02 Å². The second-order valence-electron chi connectivity index (χ2n) is 6.71. The Morgan fingerprint density at radius 3 is 2.67 bits per heavy atom. The summed E-state index contributed by atoms with van der Waals surface area (Å²) in [5.41, 5.74) is 3.44. The molecule has 1 aromatic heterocycles. The Bertz CT molecular complexity index is 905. The van der Waals surface area contributed by atoms with Gasteiger partial charge in [0.05, 0.1) is 19.3 Å². The first-order chi connectivity index (χ1) is 13.0. The van der Waals surface area contributed by atoms with Gasteiger partial charge in [-0.25, -0.2) is 4.68 Å². The highest BCUT2D eigenvalue weighted by Crippen LogP contribution is 2.14. The summed E-state index contributed by atoms with van der Waals surface area (Å²) in [4.78, 5) is 14.4. The Balaban J connectivity index is 1.56. The Morgan fingerprint density at radius 1 is 1.15 bits per heavy atom. The summed E-state index contributed by atoms with van der Waals surface area (Å²) in [6.07, 6.45) is 1.68. The number of benzene rings is 2. The van der Waals surface area contributed by atoms with Crippen LogP contribution in [-0.2, 0) is 17.9 Å². The van der Waals surface area contributed by atoms with Crippen LogP contribution < -0.4 is 5.32 Å². The molecule has 0 unspecified atom stereocenters. The predicted octanol–water partition coefficient (Wildman–Crippen LogP) is 3.96. The number of likely N-dealkylation sites (N-methyl/N-ethyl adjacent to an activating group) is 1. The molecule has 0 atom stereocenters. The smallest absolute Gasteiger partial charge is 0.239 e. The quantitative estimate of drug-likeness (QED) is 0.672. The zero-order valence-corrected chi connectivity index (χ0v) is 16.3. The van der Waals surface area contributed by atoms with Gasteiger partial charge in [-0.15, -0.1) is 0 Å². The normalized spacial score (nSPS) is 11.0. The van der Waals surface area contributed by atoms with E-state index in [9.17, 15) is 4.79 Å². The lowest BCUT2D eigenvalue weighted by atomic mass is 10.1. The highest BCUT2D eigenvalue weighted by molar-refractivity contribution is 6.30. The average Bonchev–Trinajstić information content (AvgIpc) is 3.03. The number of hydrogen-bond acceptors (Lipinski definition) is 3. The summed E-state index contributed by atoms with van der Waals surface area (Å²) in [6.45, 7) is 3.63. The van der Waals surface area contributed by atoms with Crippen LogP contribution in [0.1, 0.15) is 16.7 Å². The molecule has 1 N–H and O–H groups in total. The number of aryl methyl sites for hydroxylation is 1. The maximum absolute atomic E-state index is 12.4. The third-order valence-electron chi connectivity index (χ3n) is 4.19. The first-order valence-corrected chi connectivity index (χ1v) is 9.17. The van der Waals surface area contributed by atoms with E-state index in [4.69, 9.17) is 11.6 Å². The number of amides is 1. The van der Waals surface area contributed by atoms with Gasteiger partial charge in [0.2, 0.25) is 5.91 Å². The number of halogens is 1. The molecule has 0 aliphatic rings. The molecular weight excluding hydrogens is 360 g/mol. The molecule has 3 rings (SSSR count). The monoisotopic (exact) mass is 382 g/mol. The molecule has 5 nitrogen and oxygen atoms in total. The van der Waals surface area contributed by atoms with E-state index in [1.54, 1.807) is 16.9 Å². The van der Waals surface area contributed by atoms with E-state index in [0.29, 0.717) is 23.9 Å². The summed E-state index contributed by atoms with van der Waals surface area (Å²) in [5, 5.41) is 7.92. The Morgan fingerprint density at radius 2 is 1.93 bits per heavy atom. The minimum atomic E-state index is -0.0718. The number of nitrogens with zero attached hydrogens (tertiary/aromatic N) is 3. The lowest BCUT2D eigenvalue weighted by molar-refractivity contribution is -0.117. The second-order valence-corrected chi connectivity index (χ2v) is 7.15. The van der Waals surface area contributed by atoms with Crippen molar-refractivity contribution < 1.29 is 4.79 Å². The van der Waals surface area contributed by atoms with Gasteiger partial charge in [0.25, 0.3) is 0 Å². The molecule has 0 saturated carbocycles. The van der Waals surface area contributed by atoms with Crippen LogP contribution in [0.25, 0.3) is 0 Å². The molecule has 6 heteroatoms. The summed E-state index contributed by atoms with van der Waals surface area (Å²) in [7, 11) is 1.93. The lowest BCUT2D eigenvalue weighted by Gasteiger charge is -2.17. The van der Waals surface area contributed by atoms with Gasteiger partial charge in [-0.05, 0) is 37.2 Å². The molecule has 0 fully saturated rings. The minimum absolute atomic E-state index is 0.0718. The Kier molecular flexibility index (Phi) is 6.27. The van der Waals surface area contributed by atoms with Crippen LogP contribution in [0.15, 0.2) is 60.8 Å². The van der Waals surface area contributed by atoms with Crippen molar-refractivity contribution in [1.82, 2.24) is 14.7 Å². The molecule has 140 valence electrons. The van der Waals surface area contributed by atoms with E-state index in [0.717, 1.165) is 12.1 Å². The van der Waals surface area contributed by atoms with Gasteiger partial charge in [0.15, 0.2) is 0 Å². The number of nitrogens with one attached hydrogen (secondary N) is 1. The van der Waals surface area contributed by atoms with Crippen molar-refractivity contribution in [2.45, 2.75) is 20.0 Å². The molecule has 0 radical (unpaired) electrons. The zero-order valence-electron chi connectivity index (χ0n) is 15.5. The summed E-state index contributed by atoms with van der Waals surface area (Å²) in [5.74, 6) is 0.598.